The maximum atomic E-state index is 10.6. The summed E-state index contributed by atoms with van der Waals surface area (Å²) < 4.78 is 0. The van der Waals surface area contributed by atoms with Crippen LogP contribution in [0.4, 0.5) is 0 Å². The minimum absolute atomic E-state index is 0.224. The number of piperazine rings is 1. The number of nitrogens with one attached hydrogen (secondary N) is 1. The molecule has 3 rings (SSSR count). The first-order valence-electron chi connectivity index (χ1n) is 7.77. The van der Waals surface area contributed by atoms with Crippen molar-refractivity contribution in [2.45, 2.75) is 38.9 Å². The van der Waals surface area contributed by atoms with Gasteiger partial charge in [0.1, 0.15) is 5.75 Å². The number of aromatic hydroxyl groups is 1. The Hall–Kier alpha value is -1.58. The quantitative estimate of drug-likeness (QED) is 0.888. The highest BCUT2D eigenvalue weighted by atomic mass is 16.3. The van der Waals surface area contributed by atoms with Crippen molar-refractivity contribution in [2.75, 3.05) is 13.1 Å². The van der Waals surface area contributed by atoms with Gasteiger partial charge in [-0.2, -0.15) is 0 Å². The summed E-state index contributed by atoms with van der Waals surface area (Å²) in [7, 11) is 0. The Morgan fingerprint density at radius 1 is 1.10 bits per heavy atom. The lowest BCUT2D eigenvalue weighted by Gasteiger charge is -2.40. The van der Waals surface area contributed by atoms with Crippen molar-refractivity contribution < 1.29 is 5.11 Å². The summed E-state index contributed by atoms with van der Waals surface area (Å²) in [4.78, 5) is 2.45. The van der Waals surface area contributed by atoms with Crippen molar-refractivity contribution in [2.24, 2.45) is 0 Å². The number of benzene rings is 2. The Kier molecular flexibility index (Phi) is 3.87. The fourth-order valence-electron chi connectivity index (χ4n) is 3.49. The van der Waals surface area contributed by atoms with Gasteiger partial charge < -0.3 is 10.4 Å². The van der Waals surface area contributed by atoms with E-state index >= 15 is 0 Å². The summed E-state index contributed by atoms with van der Waals surface area (Å²) in [5.41, 5.74) is 1.02. The Labute approximate surface area is 126 Å². The number of hydrogen-bond donors (Lipinski definition) is 2. The van der Waals surface area contributed by atoms with E-state index in [0.29, 0.717) is 17.8 Å². The van der Waals surface area contributed by atoms with Crippen molar-refractivity contribution in [1.82, 2.24) is 10.2 Å². The zero-order valence-corrected chi connectivity index (χ0v) is 13.0. The minimum atomic E-state index is 0.224. The Morgan fingerprint density at radius 2 is 1.76 bits per heavy atom. The third-order valence-corrected chi connectivity index (χ3v) is 4.52. The van der Waals surface area contributed by atoms with E-state index in [1.807, 2.05) is 24.3 Å². The lowest BCUT2D eigenvalue weighted by atomic mass is 9.98. The molecule has 2 aromatic rings. The number of nitrogens with zero attached hydrogens (tertiary/aromatic N) is 1. The van der Waals surface area contributed by atoms with Crippen LogP contribution < -0.4 is 5.32 Å². The van der Waals surface area contributed by atoms with E-state index in [2.05, 4.69) is 43.1 Å². The van der Waals surface area contributed by atoms with Gasteiger partial charge in [-0.3, -0.25) is 4.90 Å². The molecule has 2 N–H and O–H groups in total. The molecule has 3 atom stereocenters. The monoisotopic (exact) mass is 284 g/mol. The molecule has 3 heteroatoms. The maximum Gasteiger partial charge on any atom is 0.128 e. The summed E-state index contributed by atoms with van der Waals surface area (Å²) in [6, 6.07) is 13.4. The van der Waals surface area contributed by atoms with Crippen LogP contribution in [-0.2, 0) is 0 Å². The second-order valence-electron chi connectivity index (χ2n) is 6.32. The standard InChI is InChI=1S/C18H24N2O/c1-12-10-20(11-13(2)19-12)14(3)16-9-8-15-6-4-5-7-17(15)18(16)21/h4-9,12-14,19,21H,10-11H2,1-3H3. The third kappa shape index (κ3) is 2.76. The number of phenolic OH excluding ortho intramolecular Hbond substituents is 1. The van der Waals surface area contributed by atoms with Crippen LogP contribution in [0.15, 0.2) is 36.4 Å². The molecule has 0 aromatic heterocycles. The molecule has 0 spiro atoms. The molecule has 2 aromatic carbocycles. The summed E-state index contributed by atoms with van der Waals surface area (Å²) in [6.45, 7) is 8.65. The molecule has 0 amide bonds. The van der Waals surface area contributed by atoms with E-state index in [4.69, 9.17) is 0 Å². The maximum absolute atomic E-state index is 10.6. The van der Waals surface area contributed by atoms with Crippen molar-refractivity contribution >= 4 is 10.8 Å². The Balaban J connectivity index is 1.94. The highest BCUT2D eigenvalue weighted by Gasteiger charge is 2.27. The molecule has 0 saturated carbocycles. The molecule has 3 unspecified atom stereocenters. The fourth-order valence-corrected chi connectivity index (χ4v) is 3.49. The molecule has 0 aliphatic carbocycles. The van der Waals surface area contributed by atoms with Crippen molar-refractivity contribution in [3.05, 3.63) is 42.0 Å². The molecule has 0 bridgehead atoms. The summed E-state index contributed by atoms with van der Waals surface area (Å²) in [6.07, 6.45) is 0. The molecule has 112 valence electrons. The average Bonchev–Trinajstić information content (AvgIpc) is 2.46. The molecule has 0 radical (unpaired) electrons. The lowest BCUT2D eigenvalue weighted by Crippen LogP contribution is -2.54. The lowest BCUT2D eigenvalue weighted by molar-refractivity contribution is 0.130. The molecule has 3 nitrogen and oxygen atoms in total. The highest BCUT2D eigenvalue weighted by molar-refractivity contribution is 5.89. The SMILES string of the molecule is CC1CN(C(C)c2ccc3ccccc3c2O)CC(C)N1. The van der Waals surface area contributed by atoms with Crippen LogP contribution in [0.1, 0.15) is 32.4 Å². The highest BCUT2D eigenvalue weighted by Crippen LogP contribution is 2.35. The summed E-state index contributed by atoms with van der Waals surface area (Å²) in [5.74, 6) is 0.430. The minimum Gasteiger partial charge on any atom is -0.507 e. The van der Waals surface area contributed by atoms with Gasteiger partial charge in [0.15, 0.2) is 0 Å². The number of rotatable bonds is 2. The summed E-state index contributed by atoms with van der Waals surface area (Å²) >= 11 is 0. The largest absolute Gasteiger partial charge is 0.507 e. The predicted octanol–water partition coefficient (Wildman–Crippen LogP) is 3.29. The van der Waals surface area contributed by atoms with E-state index in [0.717, 1.165) is 29.4 Å². The van der Waals surface area contributed by atoms with E-state index in [-0.39, 0.29) is 6.04 Å². The zero-order chi connectivity index (χ0) is 15.0. The first-order chi connectivity index (χ1) is 10.1. The molecule has 1 heterocycles. The van der Waals surface area contributed by atoms with Gasteiger partial charge in [-0.15, -0.1) is 0 Å². The van der Waals surface area contributed by atoms with E-state index in [9.17, 15) is 5.11 Å². The van der Waals surface area contributed by atoms with Crippen LogP contribution >= 0.6 is 0 Å². The smallest absolute Gasteiger partial charge is 0.128 e. The van der Waals surface area contributed by atoms with Crippen molar-refractivity contribution in [3.8, 4) is 5.75 Å². The zero-order valence-electron chi connectivity index (χ0n) is 13.0. The van der Waals surface area contributed by atoms with E-state index < -0.39 is 0 Å². The first-order valence-corrected chi connectivity index (χ1v) is 7.77. The summed E-state index contributed by atoms with van der Waals surface area (Å²) in [5, 5.41) is 16.2. The van der Waals surface area contributed by atoms with Gasteiger partial charge in [-0.05, 0) is 26.2 Å². The van der Waals surface area contributed by atoms with Crippen molar-refractivity contribution in [3.63, 3.8) is 0 Å². The normalized spacial score (nSPS) is 25.1. The van der Waals surface area contributed by atoms with Gasteiger partial charge in [0.2, 0.25) is 0 Å². The molecule has 21 heavy (non-hydrogen) atoms. The van der Waals surface area contributed by atoms with Crippen LogP contribution in [0.5, 0.6) is 5.75 Å². The van der Waals surface area contributed by atoms with Crippen LogP contribution in [0.2, 0.25) is 0 Å². The third-order valence-electron chi connectivity index (χ3n) is 4.52. The number of hydrogen-bond acceptors (Lipinski definition) is 3. The van der Waals surface area contributed by atoms with Crippen LogP contribution in [0.25, 0.3) is 10.8 Å². The molecular weight excluding hydrogens is 260 g/mol. The first kappa shape index (κ1) is 14.4. The van der Waals surface area contributed by atoms with E-state index in [1.165, 1.54) is 0 Å². The van der Waals surface area contributed by atoms with Crippen LogP contribution in [0, 0.1) is 0 Å². The van der Waals surface area contributed by atoms with E-state index in [1.54, 1.807) is 0 Å². The molecule has 1 aliphatic heterocycles. The molecule has 1 saturated heterocycles. The second kappa shape index (κ2) is 5.66. The topological polar surface area (TPSA) is 35.5 Å². The van der Waals surface area contributed by atoms with Gasteiger partial charge in [0, 0.05) is 42.2 Å². The van der Waals surface area contributed by atoms with Gasteiger partial charge in [-0.25, -0.2) is 0 Å². The second-order valence-corrected chi connectivity index (χ2v) is 6.32. The fraction of sp³-hybridized carbons (Fsp3) is 0.444. The molecule has 1 fully saturated rings. The van der Waals surface area contributed by atoms with Crippen LogP contribution in [0.3, 0.4) is 0 Å². The average molecular weight is 284 g/mol. The number of phenols is 1. The van der Waals surface area contributed by atoms with Gasteiger partial charge in [-0.1, -0.05) is 36.4 Å². The van der Waals surface area contributed by atoms with Gasteiger partial charge >= 0.3 is 0 Å². The Morgan fingerprint density at radius 3 is 2.48 bits per heavy atom. The predicted molar refractivity (Wildman–Crippen MR) is 87.7 cm³/mol. The van der Waals surface area contributed by atoms with Crippen LogP contribution in [-0.4, -0.2) is 35.2 Å². The van der Waals surface area contributed by atoms with Gasteiger partial charge in [0.05, 0.1) is 0 Å². The van der Waals surface area contributed by atoms with Gasteiger partial charge in [0.25, 0.3) is 0 Å². The molecular formula is C18H24N2O. The Bertz CT molecular complexity index is 630. The van der Waals surface area contributed by atoms with Crippen molar-refractivity contribution in [1.29, 1.82) is 0 Å². The number of fused-ring (bicyclic) bond motifs is 1. The molecule has 1 aliphatic rings.